The van der Waals surface area contributed by atoms with E-state index in [-0.39, 0.29) is 12.1 Å². The zero-order chi connectivity index (χ0) is 13.8. The molecule has 2 aromatic rings. The lowest BCUT2D eigenvalue weighted by Crippen LogP contribution is -2.04. The van der Waals surface area contributed by atoms with E-state index in [9.17, 15) is 8.78 Å². The van der Waals surface area contributed by atoms with Crippen LogP contribution in [-0.4, -0.2) is 7.11 Å². The van der Waals surface area contributed by atoms with Crippen molar-refractivity contribution in [2.45, 2.75) is 6.54 Å². The van der Waals surface area contributed by atoms with Crippen molar-refractivity contribution in [2.75, 3.05) is 12.4 Å². The molecule has 0 saturated heterocycles. The van der Waals surface area contributed by atoms with Crippen molar-refractivity contribution in [3.63, 3.8) is 0 Å². The number of hydrogen-bond acceptors (Lipinski definition) is 2. The van der Waals surface area contributed by atoms with Crippen LogP contribution < -0.4 is 10.1 Å². The Hall–Kier alpha value is -1.81. The molecule has 2 aromatic carbocycles. The second kappa shape index (κ2) is 5.89. The van der Waals surface area contributed by atoms with Gasteiger partial charge in [0, 0.05) is 17.8 Å². The Balaban J connectivity index is 2.13. The number of methoxy groups -OCH3 is 1. The predicted molar refractivity (Wildman–Crippen MR) is 71.7 cm³/mol. The smallest absolute Gasteiger partial charge is 0.137 e. The second-order valence-corrected chi connectivity index (χ2v) is 4.31. The van der Waals surface area contributed by atoms with Crippen molar-refractivity contribution in [3.05, 3.63) is 58.6 Å². The van der Waals surface area contributed by atoms with E-state index < -0.39 is 11.6 Å². The lowest BCUT2D eigenvalue weighted by molar-refractivity contribution is 0.415. The molecule has 1 N–H and O–H groups in total. The van der Waals surface area contributed by atoms with Gasteiger partial charge in [0.05, 0.1) is 12.1 Å². The van der Waals surface area contributed by atoms with Gasteiger partial charge in [-0.05, 0) is 30.3 Å². The Morgan fingerprint density at radius 3 is 2.42 bits per heavy atom. The summed E-state index contributed by atoms with van der Waals surface area (Å²) < 4.78 is 31.9. The van der Waals surface area contributed by atoms with E-state index >= 15 is 0 Å². The average Bonchev–Trinajstić information content (AvgIpc) is 2.38. The summed E-state index contributed by atoms with van der Waals surface area (Å²) in [5.74, 6) is -0.608. The van der Waals surface area contributed by atoms with Crippen molar-refractivity contribution in [3.8, 4) is 5.75 Å². The van der Waals surface area contributed by atoms with E-state index in [0.29, 0.717) is 16.5 Å². The van der Waals surface area contributed by atoms with Gasteiger partial charge in [-0.15, -0.1) is 0 Å². The van der Waals surface area contributed by atoms with Crippen LogP contribution in [0.4, 0.5) is 14.5 Å². The maximum atomic E-state index is 13.4. The number of halogens is 3. The minimum absolute atomic E-state index is 0.00515. The third kappa shape index (κ3) is 3.15. The molecule has 0 heterocycles. The predicted octanol–water partition coefficient (Wildman–Crippen LogP) is 4.24. The van der Waals surface area contributed by atoms with E-state index in [1.54, 1.807) is 18.2 Å². The molecule has 19 heavy (non-hydrogen) atoms. The van der Waals surface area contributed by atoms with Gasteiger partial charge in [-0.2, -0.15) is 0 Å². The zero-order valence-corrected chi connectivity index (χ0v) is 11.0. The summed E-state index contributed by atoms with van der Waals surface area (Å²) in [6.45, 7) is 0.0428. The normalized spacial score (nSPS) is 10.3. The van der Waals surface area contributed by atoms with E-state index in [1.165, 1.54) is 25.3 Å². The number of nitrogens with one attached hydrogen (secondary N) is 1. The van der Waals surface area contributed by atoms with Gasteiger partial charge in [-0.25, -0.2) is 8.78 Å². The molecule has 0 bridgehead atoms. The Labute approximate surface area is 115 Å². The fourth-order valence-corrected chi connectivity index (χ4v) is 1.93. The van der Waals surface area contributed by atoms with E-state index in [0.717, 1.165) is 0 Å². The zero-order valence-electron chi connectivity index (χ0n) is 10.2. The molecule has 0 aliphatic heterocycles. The highest BCUT2D eigenvalue weighted by Crippen LogP contribution is 2.27. The fraction of sp³-hybridized carbons (Fsp3) is 0.143. The molecule has 0 saturated carbocycles. The van der Waals surface area contributed by atoms with Crippen LogP contribution in [0.15, 0.2) is 36.4 Å². The van der Waals surface area contributed by atoms with Crippen molar-refractivity contribution in [2.24, 2.45) is 0 Å². The average molecular weight is 284 g/mol. The lowest BCUT2D eigenvalue weighted by atomic mass is 10.2. The van der Waals surface area contributed by atoms with Gasteiger partial charge >= 0.3 is 0 Å². The van der Waals surface area contributed by atoms with Crippen LogP contribution in [0.2, 0.25) is 5.02 Å². The first-order valence-electron chi connectivity index (χ1n) is 5.62. The van der Waals surface area contributed by atoms with Gasteiger partial charge in [0.1, 0.15) is 17.4 Å². The molecule has 5 heteroatoms. The fourth-order valence-electron chi connectivity index (χ4n) is 1.67. The van der Waals surface area contributed by atoms with Crippen LogP contribution >= 0.6 is 11.6 Å². The van der Waals surface area contributed by atoms with E-state index in [4.69, 9.17) is 16.3 Å². The van der Waals surface area contributed by atoms with E-state index in [1.807, 2.05) is 0 Å². The molecule has 0 amide bonds. The topological polar surface area (TPSA) is 21.3 Å². The summed E-state index contributed by atoms with van der Waals surface area (Å²) in [6, 6.07) is 8.82. The first kappa shape index (κ1) is 13.6. The van der Waals surface area contributed by atoms with Crippen LogP contribution in [0.3, 0.4) is 0 Å². The van der Waals surface area contributed by atoms with E-state index in [2.05, 4.69) is 5.32 Å². The summed E-state index contributed by atoms with van der Waals surface area (Å²) in [7, 11) is 1.52. The molecule has 2 nitrogen and oxygen atoms in total. The molecule has 0 unspecified atom stereocenters. The van der Waals surface area contributed by atoms with Gasteiger partial charge in [0.2, 0.25) is 0 Å². The Morgan fingerprint density at radius 2 is 1.84 bits per heavy atom. The number of benzene rings is 2. The third-order valence-electron chi connectivity index (χ3n) is 2.68. The maximum Gasteiger partial charge on any atom is 0.137 e. The SMILES string of the molecule is COc1ccc(NCc2c(F)cccc2F)cc1Cl. The number of ether oxygens (including phenoxy) is 1. The van der Waals surface area contributed by atoms with Gasteiger partial charge < -0.3 is 10.1 Å². The first-order valence-corrected chi connectivity index (χ1v) is 6.00. The molecule has 0 radical (unpaired) electrons. The first-order chi connectivity index (χ1) is 9.11. The van der Waals surface area contributed by atoms with Crippen molar-refractivity contribution in [1.82, 2.24) is 0 Å². The highest BCUT2D eigenvalue weighted by molar-refractivity contribution is 6.32. The van der Waals surface area contributed by atoms with Gasteiger partial charge in [0.25, 0.3) is 0 Å². The molecular formula is C14H12ClF2NO. The third-order valence-corrected chi connectivity index (χ3v) is 2.98. The van der Waals surface area contributed by atoms with Gasteiger partial charge in [-0.1, -0.05) is 17.7 Å². The molecule has 0 spiro atoms. The molecule has 0 aliphatic carbocycles. The summed E-state index contributed by atoms with van der Waals surface area (Å²) in [6.07, 6.45) is 0. The second-order valence-electron chi connectivity index (χ2n) is 3.90. The number of anilines is 1. The molecular weight excluding hydrogens is 272 g/mol. The summed E-state index contributed by atoms with van der Waals surface area (Å²) in [4.78, 5) is 0. The van der Waals surface area contributed by atoms with Crippen molar-refractivity contribution >= 4 is 17.3 Å². The quantitative estimate of drug-likeness (QED) is 0.906. The Morgan fingerprint density at radius 1 is 1.16 bits per heavy atom. The number of rotatable bonds is 4. The summed E-state index contributed by atoms with van der Waals surface area (Å²) in [5.41, 5.74) is 0.655. The maximum absolute atomic E-state index is 13.4. The molecule has 100 valence electrons. The van der Waals surface area contributed by atoms with Crippen molar-refractivity contribution < 1.29 is 13.5 Å². The Bertz CT molecular complexity index is 569. The standard InChI is InChI=1S/C14H12ClF2NO/c1-19-14-6-5-9(7-11(14)15)18-8-10-12(16)3-2-4-13(10)17/h2-7,18H,8H2,1H3. The lowest BCUT2D eigenvalue weighted by Gasteiger charge is -2.10. The highest BCUT2D eigenvalue weighted by Gasteiger charge is 2.08. The summed E-state index contributed by atoms with van der Waals surface area (Å²) in [5, 5.41) is 3.35. The largest absolute Gasteiger partial charge is 0.495 e. The van der Waals surface area contributed by atoms with Crippen LogP contribution in [0, 0.1) is 11.6 Å². The molecule has 0 aromatic heterocycles. The minimum atomic E-state index is -0.577. The van der Waals surface area contributed by atoms with Gasteiger partial charge in [-0.3, -0.25) is 0 Å². The van der Waals surface area contributed by atoms with Crippen LogP contribution in [0.1, 0.15) is 5.56 Å². The minimum Gasteiger partial charge on any atom is -0.495 e. The molecule has 2 rings (SSSR count). The molecule has 0 aliphatic rings. The number of hydrogen-bond donors (Lipinski definition) is 1. The van der Waals surface area contributed by atoms with Crippen molar-refractivity contribution in [1.29, 1.82) is 0 Å². The highest BCUT2D eigenvalue weighted by atomic mass is 35.5. The van der Waals surface area contributed by atoms with Gasteiger partial charge in [0.15, 0.2) is 0 Å². The monoisotopic (exact) mass is 283 g/mol. The van der Waals surface area contributed by atoms with Crippen LogP contribution in [0.25, 0.3) is 0 Å². The summed E-state index contributed by atoms with van der Waals surface area (Å²) >= 11 is 5.96. The van der Waals surface area contributed by atoms with Crippen LogP contribution in [0.5, 0.6) is 5.75 Å². The molecule has 0 fully saturated rings. The Kier molecular flexibility index (Phi) is 4.22. The molecule has 0 atom stereocenters. The van der Waals surface area contributed by atoms with Crippen LogP contribution in [-0.2, 0) is 6.54 Å².